The molecule has 0 heterocycles. The highest BCUT2D eigenvalue weighted by Gasteiger charge is 2.03. The van der Waals surface area contributed by atoms with E-state index in [1.807, 2.05) is 0 Å². The lowest BCUT2D eigenvalue weighted by Crippen LogP contribution is -2.01. The van der Waals surface area contributed by atoms with E-state index in [9.17, 15) is 13.6 Å². The largest absolute Gasteiger partial charge is 0.768 e. The number of carbonyl (C=O) groups is 1. The molecule has 0 aliphatic heterocycles. The number of carbonyl (C=O) groups excluding carboxylic acids is 1. The second-order valence-corrected chi connectivity index (χ2v) is 3.19. The summed E-state index contributed by atoms with van der Waals surface area (Å²) >= 11 is -2.25. The molecule has 13 heavy (non-hydrogen) atoms. The first kappa shape index (κ1) is 9.88. The predicted octanol–water partition coefficient (Wildman–Crippen LogP) is 0.711. The van der Waals surface area contributed by atoms with Crippen LogP contribution in [0.2, 0.25) is 0 Å². The lowest BCUT2D eigenvalue weighted by molar-refractivity contribution is 0.0600. The second kappa shape index (κ2) is 4.15. The first-order chi connectivity index (χ1) is 6.15. The standard InChI is InChI=1S/C8H8O4S/c1-12-8(9)6-2-4-7(5-3-6)13(10)11/h2-5H,1H3,(H,10,11)/p-1. The van der Waals surface area contributed by atoms with E-state index in [4.69, 9.17) is 0 Å². The molecule has 0 aliphatic rings. The van der Waals surface area contributed by atoms with Crippen LogP contribution in [0.1, 0.15) is 10.4 Å². The number of hydrogen-bond acceptors (Lipinski definition) is 4. The fourth-order valence-electron chi connectivity index (χ4n) is 0.820. The minimum Gasteiger partial charge on any atom is -0.768 e. The Kier molecular flexibility index (Phi) is 3.16. The molecule has 1 unspecified atom stereocenters. The number of benzene rings is 1. The zero-order valence-electron chi connectivity index (χ0n) is 6.85. The summed E-state index contributed by atoms with van der Waals surface area (Å²) in [5.74, 6) is -0.483. The molecule has 1 atom stereocenters. The van der Waals surface area contributed by atoms with Crippen molar-refractivity contribution in [3.05, 3.63) is 29.8 Å². The maximum atomic E-state index is 10.9. The van der Waals surface area contributed by atoms with Gasteiger partial charge in [-0.3, -0.25) is 4.21 Å². The van der Waals surface area contributed by atoms with Gasteiger partial charge in [0.2, 0.25) is 0 Å². The highest BCUT2D eigenvalue weighted by Crippen LogP contribution is 2.07. The van der Waals surface area contributed by atoms with Gasteiger partial charge in [-0.2, -0.15) is 0 Å². The van der Waals surface area contributed by atoms with E-state index in [2.05, 4.69) is 4.74 Å². The molecule has 0 spiro atoms. The van der Waals surface area contributed by atoms with Crippen LogP contribution in [0.15, 0.2) is 29.2 Å². The molecule has 1 rings (SSSR count). The molecule has 70 valence electrons. The zero-order valence-corrected chi connectivity index (χ0v) is 7.67. The van der Waals surface area contributed by atoms with Crippen molar-refractivity contribution in [2.75, 3.05) is 7.11 Å². The molecule has 0 fully saturated rings. The van der Waals surface area contributed by atoms with Crippen LogP contribution in [0, 0.1) is 0 Å². The molecule has 0 radical (unpaired) electrons. The number of hydrogen-bond donors (Lipinski definition) is 0. The molecule has 1 aromatic rings. The van der Waals surface area contributed by atoms with Gasteiger partial charge in [0, 0.05) is 4.90 Å². The quantitative estimate of drug-likeness (QED) is 0.519. The van der Waals surface area contributed by atoms with Gasteiger partial charge in [0.25, 0.3) is 0 Å². The van der Waals surface area contributed by atoms with Gasteiger partial charge in [0.1, 0.15) is 0 Å². The summed E-state index contributed by atoms with van der Waals surface area (Å²) in [6.07, 6.45) is 0. The van der Waals surface area contributed by atoms with E-state index in [0.29, 0.717) is 5.56 Å². The molecule has 4 nitrogen and oxygen atoms in total. The van der Waals surface area contributed by atoms with Crippen LogP contribution in [0.4, 0.5) is 0 Å². The fraction of sp³-hybridized carbons (Fsp3) is 0.125. The van der Waals surface area contributed by atoms with Crippen LogP contribution in [-0.2, 0) is 15.8 Å². The Labute approximate surface area is 77.8 Å². The monoisotopic (exact) mass is 199 g/mol. The van der Waals surface area contributed by atoms with Crippen LogP contribution in [-0.4, -0.2) is 21.8 Å². The number of ether oxygens (including phenoxy) is 1. The van der Waals surface area contributed by atoms with Crippen LogP contribution < -0.4 is 0 Å². The average Bonchev–Trinajstić information content (AvgIpc) is 2.17. The van der Waals surface area contributed by atoms with E-state index < -0.39 is 17.0 Å². The van der Waals surface area contributed by atoms with Gasteiger partial charge >= 0.3 is 5.97 Å². The summed E-state index contributed by atoms with van der Waals surface area (Å²) in [6, 6.07) is 5.48. The third kappa shape index (κ3) is 2.37. The number of esters is 1. The van der Waals surface area contributed by atoms with Gasteiger partial charge in [-0.25, -0.2) is 4.79 Å². The minimum absolute atomic E-state index is 0.146. The van der Waals surface area contributed by atoms with Crippen molar-refractivity contribution in [1.29, 1.82) is 0 Å². The molecule has 0 aromatic heterocycles. The van der Waals surface area contributed by atoms with Gasteiger partial charge in [0.05, 0.1) is 12.7 Å². The van der Waals surface area contributed by atoms with Gasteiger partial charge in [0.15, 0.2) is 0 Å². The molecule has 1 aromatic carbocycles. The third-order valence-corrected chi connectivity index (χ3v) is 2.12. The molecule has 0 saturated carbocycles. The smallest absolute Gasteiger partial charge is 0.337 e. The molecule has 0 aliphatic carbocycles. The minimum atomic E-state index is -2.25. The number of rotatable bonds is 2. The Morgan fingerprint density at radius 3 is 2.31 bits per heavy atom. The SMILES string of the molecule is COC(=O)c1ccc(S(=O)[O-])cc1. The van der Waals surface area contributed by atoms with Crippen molar-refractivity contribution in [1.82, 2.24) is 0 Å². The van der Waals surface area contributed by atoms with E-state index in [0.717, 1.165) is 0 Å². The molecule has 0 N–H and O–H groups in total. The molecule has 0 amide bonds. The third-order valence-electron chi connectivity index (χ3n) is 1.47. The predicted molar refractivity (Wildman–Crippen MR) is 45.0 cm³/mol. The normalized spacial score (nSPS) is 12.2. The van der Waals surface area contributed by atoms with Crippen LogP contribution in [0.25, 0.3) is 0 Å². The van der Waals surface area contributed by atoms with E-state index in [1.54, 1.807) is 0 Å². The van der Waals surface area contributed by atoms with E-state index in [1.165, 1.54) is 31.4 Å². The summed E-state index contributed by atoms with van der Waals surface area (Å²) in [5, 5.41) is 0. The maximum absolute atomic E-state index is 10.9. The Hall–Kier alpha value is -1.20. The Morgan fingerprint density at radius 2 is 1.92 bits per heavy atom. The Bertz CT molecular complexity index is 331. The highest BCUT2D eigenvalue weighted by molar-refractivity contribution is 7.79. The first-order valence-corrected chi connectivity index (χ1v) is 4.50. The fourth-order valence-corrected chi connectivity index (χ4v) is 1.18. The van der Waals surface area contributed by atoms with E-state index in [-0.39, 0.29) is 4.90 Å². The average molecular weight is 199 g/mol. The molecular formula is C8H7O4S-. The van der Waals surface area contributed by atoms with Crippen molar-refractivity contribution in [2.45, 2.75) is 4.90 Å². The molecule has 0 saturated heterocycles. The van der Waals surface area contributed by atoms with Crippen molar-refractivity contribution in [3.63, 3.8) is 0 Å². The van der Waals surface area contributed by atoms with Crippen molar-refractivity contribution >= 4 is 17.0 Å². The summed E-state index contributed by atoms with van der Waals surface area (Å²) in [4.78, 5) is 11.1. The van der Waals surface area contributed by atoms with Crippen LogP contribution in [0.5, 0.6) is 0 Å². The Balaban J connectivity index is 2.93. The molecule has 0 bridgehead atoms. The summed E-state index contributed by atoms with van der Waals surface area (Å²) in [7, 11) is 1.27. The van der Waals surface area contributed by atoms with Gasteiger partial charge in [-0.1, -0.05) is 0 Å². The van der Waals surface area contributed by atoms with Crippen LogP contribution in [0.3, 0.4) is 0 Å². The Morgan fingerprint density at radius 1 is 1.38 bits per heavy atom. The molecular weight excluding hydrogens is 192 g/mol. The number of methoxy groups -OCH3 is 1. The van der Waals surface area contributed by atoms with Crippen molar-refractivity contribution in [2.24, 2.45) is 0 Å². The second-order valence-electron chi connectivity index (χ2n) is 2.25. The summed E-state index contributed by atoms with van der Waals surface area (Å²) in [6.45, 7) is 0. The first-order valence-electron chi connectivity index (χ1n) is 3.43. The van der Waals surface area contributed by atoms with Crippen molar-refractivity contribution in [3.8, 4) is 0 Å². The van der Waals surface area contributed by atoms with E-state index >= 15 is 0 Å². The molecule has 5 heteroatoms. The summed E-state index contributed by atoms with van der Waals surface area (Å²) < 4.78 is 25.3. The zero-order chi connectivity index (χ0) is 9.84. The van der Waals surface area contributed by atoms with Crippen molar-refractivity contribution < 1.29 is 18.3 Å². The van der Waals surface area contributed by atoms with Gasteiger partial charge in [-0.15, -0.1) is 0 Å². The lowest BCUT2D eigenvalue weighted by Gasteiger charge is -2.04. The lowest BCUT2D eigenvalue weighted by atomic mass is 10.2. The topological polar surface area (TPSA) is 66.4 Å². The van der Waals surface area contributed by atoms with Crippen LogP contribution >= 0.6 is 0 Å². The highest BCUT2D eigenvalue weighted by atomic mass is 32.2. The summed E-state index contributed by atoms with van der Waals surface area (Å²) in [5.41, 5.74) is 0.330. The van der Waals surface area contributed by atoms with Gasteiger partial charge < -0.3 is 9.29 Å². The maximum Gasteiger partial charge on any atom is 0.337 e. The van der Waals surface area contributed by atoms with Gasteiger partial charge in [-0.05, 0) is 35.3 Å².